The minimum atomic E-state index is 0.0252. The van der Waals surface area contributed by atoms with Crippen LogP contribution in [-0.4, -0.2) is 61.1 Å². The Morgan fingerprint density at radius 2 is 2.15 bits per heavy atom. The van der Waals surface area contributed by atoms with Gasteiger partial charge in [0.2, 0.25) is 11.9 Å². The first-order valence-electron chi connectivity index (χ1n) is 6.32. The molecule has 108 valence electrons. The fraction of sp³-hybridized carbons (Fsp3) is 0.545. The minimum absolute atomic E-state index is 0.0252. The van der Waals surface area contributed by atoms with Crippen LogP contribution in [0, 0.1) is 0 Å². The molecule has 2 aromatic rings. The van der Waals surface area contributed by atoms with Crippen LogP contribution in [0.15, 0.2) is 12.7 Å². The van der Waals surface area contributed by atoms with Crippen molar-refractivity contribution in [3.05, 3.63) is 12.7 Å². The van der Waals surface area contributed by atoms with Crippen molar-refractivity contribution in [3.8, 4) is 5.95 Å². The molecule has 0 bridgehead atoms. The van der Waals surface area contributed by atoms with E-state index >= 15 is 0 Å². The molecule has 2 aromatic heterocycles. The lowest BCUT2D eigenvalue weighted by atomic mass is 10.3. The predicted molar refractivity (Wildman–Crippen MR) is 73.9 cm³/mol. The van der Waals surface area contributed by atoms with E-state index in [4.69, 9.17) is 0 Å². The maximum atomic E-state index is 9.17. The summed E-state index contributed by atoms with van der Waals surface area (Å²) in [6.07, 6.45) is 2.93. The number of aromatic nitrogens is 6. The number of aliphatic hydroxyl groups is 1. The van der Waals surface area contributed by atoms with Gasteiger partial charge >= 0.3 is 0 Å². The van der Waals surface area contributed by atoms with Crippen LogP contribution in [-0.2, 0) is 0 Å². The van der Waals surface area contributed by atoms with Crippen LogP contribution in [0.2, 0.25) is 0 Å². The summed E-state index contributed by atoms with van der Waals surface area (Å²) in [7, 11) is 1.73. The molecule has 2 N–H and O–H groups in total. The van der Waals surface area contributed by atoms with Crippen molar-refractivity contribution in [2.24, 2.45) is 0 Å². The van der Waals surface area contributed by atoms with Gasteiger partial charge in [0.05, 0.1) is 6.61 Å². The van der Waals surface area contributed by atoms with E-state index in [1.807, 2.05) is 18.7 Å². The lowest BCUT2D eigenvalue weighted by Crippen LogP contribution is -2.35. The summed E-state index contributed by atoms with van der Waals surface area (Å²) in [5.41, 5.74) is 0. The van der Waals surface area contributed by atoms with E-state index in [1.54, 1.807) is 7.05 Å². The molecule has 0 saturated carbocycles. The minimum Gasteiger partial charge on any atom is -0.395 e. The molecule has 0 atom stereocenters. The average molecular weight is 278 g/mol. The number of anilines is 2. The molecule has 20 heavy (non-hydrogen) atoms. The molecular formula is C11H18N8O. The third-order valence-electron chi connectivity index (χ3n) is 2.68. The molecule has 2 heterocycles. The van der Waals surface area contributed by atoms with Crippen LogP contribution in [0.25, 0.3) is 5.95 Å². The van der Waals surface area contributed by atoms with Crippen LogP contribution in [0.3, 0.4) is 0 Å². The topological polar surface area (TPSA) is 105 Å². The Morgan fingerprint density at radius 3 is 2.70 bits per heavy atom. The van der Waals surface area contributed by atoms with Gasteiger partial charge in [-0.2, -0.15) is 24.7 Å². The number of nitrogens with one attached hydrogen (secondary N) is 1. The summed E-state index contributed by atoms with van der Waals surface area (Å²) in [6.45, 7) is 4.49. The normalized spacial score (nSPS) is 10.8. The molecule has 0 spiro atoms. The van der Waals surface area contributed by atoms with E-state index < -0.39 is 0 Å². The van der Waals surface area contributed by atoms with Crippen molar-refractivity contribution in [1.82, 2.24) is 29.7 Å². The highest BCUT2D eigenvalue weighted by atomic mass is 16.3. The molecule has 9 heteroatoms. The van der Waals surface area contributed by atoms with Crippen molar-refractivity contribution >= 4 is 11.9 Å². The van der Waals surface area contributed by atoms with Gasteiger partial charge in [-0.15, -0.1) is 0 Å². The van der Waals surface area contributed by atoms with Crippen molar-refractivity contribution in [2.45, 2.75) is 19.9 Å². The number of hydrogen-bond acceptors (Lipinski definition) is 8. The van der Waals surface area contributed by atoms with Crippen LogP contribution in [0.1, 0.15) is 13.8 Å². The molecule has 0 amide bonds. The SMILES string of the molecule is CNc1nc(N(CCO)C(C)C)nc(-n2cncn2)n1. The summed E-state index contributed by atoms with van der Waals surface area (Å²) in [5.74, 6) is 1.29. The standard InChI is InChI=1S/C11H18N8O/c1-8(2)18(4-5-20)10-15-9(12-3)16-11(17-10)19-7-13-6-14-19/h6-8,20H,4-5H2,1-3H3,(H,12,15,16,17). The van der Waals surface area contributed by atoms with Crippen molar-refractivity contribution in [3.63, 3.8) is 0 Å². The second-order valence-electron chi connectivity index (χ2n) is 4.36. The van der Waals surface area contributed by atoms with Gasteiger partial charge in [-0.1, -0.05) is 0 Å². The Bertz CT molecular complexity index is 541. The molecule has 0 fully saturated rings. The number of hydrogen-bond donors (Lipinski definition) is 2. The Hall–Kier alpha value is -2.29. The van der Waals surface area contributed by atoms with E-state index in [0.29, 0.717) is 24.4 Å². The largest absolute Gasteiger partial charge is 0.395 e. The molecule has 0 aliphatic rings. The van der Waals surface area contributed by atoms with Crippen molar-refractivity contribution in [1.29, 1.82) is 0 Å². The van der Waals surface area contributed by atoms with Crippen LogP contribution in [0.4, 0.5) is 11.9 Å². The van der Waals surface area contributed by atoms with Crippen molar-refractivity contribution in [2.75, 3.05) is 30.4 Å². The second-order valence-corrected chi connectivity index (χ2v) is 4.36. The van der Waals surface area contributed by atoms with E-state index in [1.165, 1.54) is 17.3 Å². The van der Waals surface area contributed by atoms with Gasteiger partial charge < -0.3 is 15.3 Å². The van der Waals surface area contributed by atoms with Gasteiger partial charge in [0.15, 0.2) is 0 Å². The summed E-state index contributed by atoms with van der Waals surface area (Å²) in [5, 5.41) is 16.1. The summed E-state index contributed by atoms with van der Waals surface area (Å²) < 4.78 is 1.46. The van der Waals surface area contributed by atoms with Crippen LogP contribution < -0.4 is 10.2 Å². The third kappa shape index (κ3) is 2.99. The first kappa shape index (κ1) is 14.1. The van der Waals surface area contributed by atoms with E-state index in [-0.39, 0.29) is 12.6 Å². The van der Waals surface area contributed by atoms with Gasteiger partial charge in [0, 0.05) is 19.6 Å². The fourth-order valence-electron chi connectivity index (χ4n) is 1.70. The van der Waals surface area contributed by atoms with Gasteiger partial charge in [-0.05, 0) is 13.8 Å². The van der Waals surface area contributed by atoms with Gasteiger partial charge in [-0.25, -0.2) is 4.98 Å². The van der Waals surface area contributed by atoms with E-state index in [9.17, 15) is 5.11 Å². The maximum Gasteiger partial charge on any atom is 0.258 e. The highest BCUT2D eigenvalue weighted by Gasteiger charge is 2.16. The lowest BCUT2D eigenvalue weighted by Gasteiger charge is -2.26. The highest BCUT2D eigenvalue weighted by molar-refractivity contribution is 5.40. The smallest absolute Gasteiger partial charge is 0.258 e. The Morgan fingerprint density at radius 1 is 1.35 bits per heavy atom. The zero-order chi connectivity index (χ0) is 14.5. The summed E-state index contributed by atoms with van der Waals surface area (Å²) in [6, 6.07) is 0.151. The predicted octanol–water partition coefficient (Wildman–Crippen LogP) is -0.299. The second kappa shape index (κ2) is 6.24. The summed E-state index contributed by atoms with van der Waals surface area (Å²) in [4.78, 5) is 18.7. The molecule has 2 rings (SSSR count). The molecular weight excluding hydrogens is 260 g/mol. The highest BCUT2D eigenvalue weighted by Crippen LogP contribution is 2.14. The van der Waals surface area contributed by atoms with Gasteiger partial charge in [0.1, 0.15) is 12.7 Å². The van der Waals surface area contributed by atoms with E-state index in [2.05, 4.69) is 30.4 Å². The molecule has 0 saturated heterocycles. The van der Waals surface area contributed by atoms with Gasteiger partial charge in [0.25, 0.3) is 5.95 Å². The monoisotopic (exact) mass is 278 g/mol. The average Bonchev–Trinajstić information content (AvgIpc) is 2.98. The molecule has 0 unspecified atom stereocenters. The molecule has 0 aromatic carbocycles. The number of nitrogens with zero attached hydrogens (tertiary/aromatic N) is 7. The number of aliphatic hydroxyl groups excluding tert-OH is 1. The fourth-order valence-corrected chi connectivity index (χ4v) is 1.70. The quantitative estimate of drug-likeness (QED) is 0.742. The Balaban J connectivity index is 2.44. The maximum absolute atomic E-state index is 9.17. The Labute approximate surface area is 116 Å². The molecule has 0 aliphatic heterocycles. The van der Waals surface area contributed by atoms with Crippen LogP contribution >= 0.6 is 0 Å². The molecule has 0 radical (unpaired) electrons. The third-order valence-corrected chi connectivity index (χ3v) is 2.68. The first-order valence-corrected chi connectivity index (χ1v) is 6.32. The first-order chi connectivity index (χ1) is 9.65. The summed E-state index contributed by atoms with van der Waals surface area (Å²) >= 11 is 0. The van der Waals surface area contributed by atoms with E-state index in [0.717, 1.165) is 0 Å². The molecule has 9 nitrogen and oxygen atoms in total. The molecule has 0 aliphatic carbocycles. The Kier molecular flexibility index (Phi) is 4.41. The zero-order valence-electron chi connectivity index (χ0n) is 11.7. The lowest BCUT2D eigenvalue weighted by molar-refractivity contribution is 0.298. The zero-order valence-corrected chi connectivity index (χ0v) is 11.7. The van der Waals surface area contributed by atoms with Crippen molar-refractivity contribution < 1.29 is 5.11 Å². The van der Waals surface area contributed by atoms with Crippen LogP contribution in [0.5, 0.6) is 0 Å². The number of rotatable bonds is 6. The van der Waals surface area contributed by atoms with Gasteiger partial charge in [-0.3, -0.25) is 0 Å².